The zero-order chi connectivity index (χ0) is 20.6. The van der Waals surface area contributed by atoms with Crippen LogP contribution in [0, 0.1) is 10.1 Å². The molecule has 3 aromatic rings. The van der Waals surface area contributed by atoms with Crippen LogP contribution in [-0.4, -0.2) is 10.9 Å². The molecule has 29 heavy (non-hydrogen) atoms. The molecule has 148 valence electrons. The number of benzene rings is 3. The molecule has 0 saturated heterocycles. The van der Waals surface area contributed by atoms with Gasteiger partial charge in [-0.15, -0.1) is 0 Å². The van der Waals surface area contributed by atoms with Crippen LogP contribution in [0.5, 0.6) is 5.75 Å². The maximum absolute atomic E-state index is 11.1. The first kappa shape index (κ1) is 20.1. The fraction of sp³-hybridized carbons (Fsp3) is 0.174. The first-order chi connectivity index (χ1) is 14.0. The summed E-state index contributed by atoms with van der Waals surface area (Å²) >= 11 is 0. The van der Waals surface area contributed by atoms with Gasteiger partial charge in [-0.2, -0.15) is 0 Å². The summed E-state index contributed by atoms with van der Waals surface area (Å²) in [6, 6.07) is 20.9. The van der Waals surface area contributed by atoms with Crippen LogP contribution >= 0.6 is 0 Å². The van der Waals surface area contributed by atoms with E-state index in [1.807, 2.05) is 30.3 Å². The molecule has 6 heteroatoms. The topological polar surface area (TPSA) is 92.5 Å². The maximum Gasteiger partial charge on any atom is 0.269 e. The minimum Gasteiger partial charge on any atom is -0.545 e. The van der Waals surface area contributed by atoms with Gasteiger partial charge in [-0.05, 0) is 42.0 Å². The number of nitrogens with zero attached hydrogens (tertiary/aromatic N) is 1. The van der Waals surface area contributed by atoms with Crippen LogP contribution < -0.4 is 9.84 Å². The Bertz CT molecular complexity index is 984. The number of carbonyl (C=O) groups excluding carboxylic acids is 1. The lowest BCUT2D eigenvalue weighted by Gasteiger charge is -2.12. The molecular weight excluding hydrogens is 370 g/mol. The summed E-state index contributed by atoms with van der Waals surface area (Å²) < 4.78 is 5.91. The van der Waals surface area contributed by atoms with Crippen molar-refractivity contribution in [2.75, 3.05) is 0 Å². The van der Waals surface area contributed by atoms with Crippen molar-refractivity contribution in [1.29, 1.82) is 0 Å². The molecule has 6 nitrogen and oxygen atoms in total. The van der Waals surface area contributed by atoms with E-state index in [0.29, 0.717) is 25.2 Å². The van der Waals surface area contributed by atoms with Crippen molar-refractivity contribution in [3.8, 4) is 5.75 Å². The van der Waals surface area contributed by atoms with Gasteiger partial charge < -0.3 is 14.6 Å². The number of aromatic carboxylic acids is 1. The number of ether oxygens (including phenoxy) is 1. The Balaban J connectivity index is 1.67. The Hall–Kier alpha value is -3.67. The second kappa shape index (κ2) is 9.50. The number of nitro groups is 1. The van der Waals surface area contributed by atoms with E-state index in [-0.39, 0.29) is 11.3 Å². The zero-order valence-electron chi connectivity index (χ0n) is 15.7. The van der Waals surface area contributed by atoms with E-state index in [1.165, 1.54) is 18.2 Å². The van der Waals surface area contributed by atoms with Crippen molar-refractivity contribution in [2.45, 2.75) is 25.9 Å². The first-order valence-corrected chi connectivity index (χ1v) is 9.27. The summed E-state index contributed by atoms with van der Waals surface area (Å²) in [6.45, 7) is 0.385. The number of nitro benzene ring substituents is 1. The second-order valence-electron chi connectivity index (χ2n) is 6.66. The van der Waals surface area contributed by atoms with Gasteiger partial charge in [-0.1, -0.05) is 54.6 Å². The molecule has 0 aliphatic carbocycles. The number of carbonyl (C=O) groups is 1. The van der Waals surface area contributed by atoms with Gasteiger partial charge in [0.15, 0.2) is 0 Å². The van der Waals surface area contributed by atoms with E-state index >= 15 is 0 Å². The lowest BCUT2D eigenvalue weighted by molar-refractivity contribution is -0.384. The average molecular weight is 390 g/mol. The van der Waals surface area contributed by atoms with E-state index in [0.717, 1.165) is 23.1 Å². The van der Waals surface area contributed by atoms with Crippen molar-refractivity contribution in [3.05, 3.63) is 105 Å². The smallest absolute Gasteiger partial charge is 0.269 e. The van der Waals surface area contributed by atoms with Crippen LogP contribution in [0.3, 0.4) is 0 Å². The van der Waals surface area contributed by atoms with Gasteiger partial charge >= 0.3 is 0 Å². The molecular formula is C23H20NO5-. The molecule has 0 aliphatic rings. The molecule has 0 amide bonds. The molecule has 0 saturated carbocycles. The molecule has 0 unspecified atom stereocenters. The molecule has 3 rings (SSSR count). The highest BCUT2D eigenvalue weighted by Crippen LogP contribution is 2.27. The molecule has 0 radical (unpaired) electrons. The Labute approximate surface area is 168 Å². The predicted octanol–water partition coefficient (Wildman–Crippen LogP) is 3.71. The number of aryl methyl sites for hydroxylation is 2. The molecule has 0 spiro atoms. The molecule has 0 N–H and O–H groups in total. The Morgan fingerprint density at radius 1 is 0.897 bits per heavy atom. The molecule has 0 fully saturated rings. The van der Waals surface area contributed by atoms with Crippen molar-refractivity contribution in [2.24, 2.45) is 0 Å². The second-order valence-corrected chi connectivity index (χ2v) is 6.66. The highest BCUT2D eigenvalue weighted by Gasteiger charge is 2.12. The summed E-state index contributed by atoms with van der Waals surface area (Å²) in [7, 11) is 0. The van der Waals surface area contributed by atoms with Crippen molar-refractivity contribution in [3.63, 3.8) is 0 Å². The fourth-order valence-corrected chi connectivity index (χ4v) is 3.04. The van der Waals surface area contributed by atoms with Crippen molar-refractivity contribution < 1.29 is 19.6 Å². The molecule has 0 atom stereocenters. The van der Waals surface area contributed by atoms with Gasteiger partial charge in [0.25, 0.3) is 5.69 Å². The van der Waals surface area contributed by atoms with Gasteiger partial charge in [-0.25, -0.2) is 0 Å². The fourth-order valence-electron chi connectivity index (χ4n) is 3.04. The van der Waals surface area contributed by atoms with Crippen LogP contribution in [0.2, 0.25) is 0 Å². The van der Waals surface area contributed by atoms with Crippen molar-refractivity contribution in [1.82, 2.24) is 0 Å². The van der Waals surface area contributed by atoms with Gasteiger partial charge in [0.05, 0.1) is 10.9 Å². The third-order valence-corrected chi connectivity index (χ3v) is 4.59. The SMILES string of the molecule is O=C([O-])c1ccc(CCCc2cc([N+](=O)[O-])ccc2OCc2ccccc2)cc1. The van der Waals surface area contributed by atoms with Gasteiger partial charge in [0.2, 0.25) is 0 Å². The molecule has 0 heterocycles. The largest absolute Gasteiger partial charge is 0.545 e. The number of rotatable bonds is 9. The summed E-state index contributed by atoms with van der Waals surface area (Å²) in [4.78, 5) is 21.5. The number of hydrogen-bond donors (Lipinski definition) is 0. The zero-order valence-corrected chi connectivity index (χ0v) is 15.7. The molecule has 0 aliphatic heterocycles. The lowest BCUT2D eigenvalue weighted by atomic mass is 10.0. The van der Waals surface area contributed by atoms with E-state index in [1.54, 1.807) is 24.3 Å². The summed E-state index contributed by atoms with van der Waals surface area (Å²) in [5, 5.41) is 22.0. The van der Waals surface area contributed by atoms with E-state index < -0.39 is 10.9 Å². The third kappa shape index (κ3) is 5.65. The van der Waals surface area contributed by atoms with Crippen LogP contribution in [0.15, 0.2) is 72.8 Å². The standard InChI is InChI=1S/C23H21NO5/c25-23(26)19-11-9-17(10-12-19)7-4-8-20-15-21(24(27)28)13-14-22(20)29-16-18-5-2-1-3-6-18/h1-3,5-6,9-15H,4,7-8,16H2,(H,25,26)/p-1. The molecule has 0 aromatic heterocycles. The molecule has 3 aromatic carbocycles. The quantitative estimate of drug-likeness (QED) is 0.410. The highest BCUT2D eigenvalue weighted by atomic mass is 16.6. The van der Waals surface area contributed by atoms with Gasteiger partial charge in [0.1, 0.15) is 12.4 Å². The van der Waals surface area contributed by atoms with Gasteiger partial charge in [-0.3, -0.25) is 10.1 Å². The summed E-state index contributed by atoms with van der Waals surface area (Å²) in [5.41, 5.74) is 2.97. The van der Waals surface area contributed by atoms with Crippen LogP contribution in [0.4, 0.5) is 5.69 Å². The minimum atomic E-state index is -1.20. The highest BCUT2D eigenvalue weighted by molar-refractivity contribution is 5.85. The van der Waals surface area contributed by atoms with Crippen molar-refractivity contribution >= 4 is 11.7 Å². The maximum atomic E-state index is 11.1. The third-order valence-electron chi connectivity index (χ3n) is 4.59. The average Bonchev–Trinajstić information content (AvgIpc) is 2.73. The van der Waals surface area contributed by atoms with E-state index in [2.05, 4.69) is 0 Å². The van der Waals surface area contributed by atoms with Crippen LogP contribution in [-0.2, 0) is 19.4 Å². The van der Waals surface area contributed by atoms with Crippen LogP contribution in [0.25, 0.3) is 0 Å². The van der Waals surface area contributed by atoms with Crippen LogP contribution in [0.1, 0.15) is 33.5 Å². The minimum absolute atomic E-state index is 0.0328. The monoisotopic (exact) mass is 390 g/mol. The Kier molecular flexibility index (Phi) is 6.58. The Morgan fingerprint density at radius 3 is 2.28 bits per heavy atom. The lowest BCUT2D eigenvalue weighted by Crippen LogP contribution is -2.21. The first-order valence-electron chi connectivity index (χ1n) is 9.27. The van der Waals surface area contributed by atoms with Gasteiger partial charge in [0, 0.05) is 17.7 Å². The number of hydrogen-bond acceptors (Lipinski definition) is 5. The summed E-state index contributed by atoms with van der Waals surface area (Å²) in [6.07, 6.45) is 2.07. The van der Waals surface area contributed by atoms with E-state index in [4.69, 9.17) is 4.74 Å². The Morgan fingerprint density at radius 2 is 1.62 bits per heavy atom. The normalized spacial score (nSPS) is 10.5. The number of non-ortho nitro benzene ring substituents is 1. The predicted molar refractivity (Wildman–Crippen MR) is 107 cm³/mol. The van der Waals surface area contributed by atoms with E-state index in [9.17, 15) is 20.0 Å². The number of carboxylic acids is 1. The molecule has 0 bridgehead atoms. The summed E-state index contributed by atoms with van der Waals surface area (Å²) in [5.74, 6) is -0.569. The number of carboxylic acid groups (broad SMARTS) is 1.